The number of hydrogen-bond donors (Lipinski definition) is 2. The zero-order chi connectivity index (χ0) is 10.8. The van der Waals surface area contributed by atoms with E-state index in [1.165, 1.54) is 12.4 Å². The lowest BCUT2D eigenvalue weighted by atomic mass is 9.95. The average molecular weight is 235 g/mol. The van der Waals surface area contributed by atoms with Crippen molar-refractivity contribution in [2.45, 2.75) is 18.9 Å². The highest BCUT2D eigenvalue weighted by Gasteiger charge is 2.21. The van der Waals surface area contributed by atoms with E-state index in [0.29, 0.717) is 16.5 Å². The van der Waals surface area contributed by atoms with Crippen LogP contribution >= 0.6 is 23.2 Å². The van der Waals surface area contributed by atoms with E-state index < -0.39 is 5.54 Å². The number of pyridine rings is 1. The maximum absolute atomic E-state index is 9.01. The highest BCUT2D eigenvalue weighted by atomic mass is 35.5. The molecule has 78 valence electrons. The zero-order valence-corrected chi connectivity index (χ0v) is 9.31. The molecule has 0 fully saturated rings. The number of aromatic nitrogens is 1. The SMILES string of the molecule is CC(N)(CO)Cc1c(Cl)cncc1Cl. The summed E-state index contributed by atoms with van der Waals surface area (Å²) in [5.74, 6) is 0. The van der Waals surface area contributed by atoms with Crippen molar-refractivity contribution in [3.63, 3.8) is 0 Å². The second-order valence-electron chi connectivity index (χ2n) is 3.57. The Balaban J connectivity index is 2.97. The molecule has 1 unspecified atom stereocenters. The number of aliphatic hydroxyl groups excluding tert-OH is 1. The third-order valence-electron chi connectivity index (χ3n) is 1.89. The van der Waals surface area contributed by atoms with Crippen LogP contribution in [-0.4, -0.2) is 22.2 Å². The van der Waals surface area contributed by atoms with Crippen molar-refractivity contribution in [2.75, 3.05) is 6.61 Å². The molecule has 0 amide bonds. The molecule has 14 heavy (non-hydrogen) atoms. The first-order chi connectivity index (χ1) is 6.46. The maximum atomic E-state index is 9.01. The van der Waals surface area contributed by atoms with E-state index in [1.807, 2.05) is 0 Å². The van der Waals surface area contributed by atoms with E-state index in [4.69, 9.17) is 34.0 Å². The molecule has 0 spiro atoms. The molecule has 1 heterocycles. The molecule has 0 saturated carbocycles. The first-order valence-electron chi connectivity index (χ1n) is 4.14. The molecule has 5 heteroatoms. The summed E-state index contributed by atoms with van der Waals surface area (Å²) in [5, 5.41) is 9.96. The minimum absolute atomic E-state index is 0.123. The van der Waals surface area contributed by atoms with Gasteiger partial charge in [0.1, 0.15) is 0 Å². The van der Waals surface area contributed by atoms with Gasteiger partial charge in [-0.3, -0.25) is 4.98 Å². The standard InChI is InChI=1S/C9H12Cl2N2O/c1-9(12,5-14)2-6-7(10)3-13-4-8(6)11/h3-4,14H,2,5,12H2,1H3. The normalized spacial score (nSPS) is 15.2. The molecule has 0 aromatic carbocycles. The van der Waals surface area contributed by atoms with Gasteiger partial charge in [-0.05, 0) is 18.9 Å². The van der Waals surface area contributed by atoms with Crippen molar-refractivity contribution < 1.29 is 5.11 Å². The van der Waals surface area contributed by atoms with Crippen LogP contribution in [0.1, 0.15) is 12.5 Å². The predicted molar refractivity (Wildman–Crippen MR) is 57.6 cm³/mol. The fourth-order valence-electron chi connectivity index (χ4n) is 1.07. The summed E-state index contributed by atoms with van der Waals surface area (Å²) >= 11 is 11.8. The van der Waals surface area contributed by atoms with Crippen LogP contribution in [0.3, 0.4) is 0 Å². The topological polar surface area (TPSA) is 59.1 Å². The quantitative estimate of drug-likeness (QED) is 0.837. The zero-order valence-electron chi connectivity index (χ0n) is 7.80. The van der Waals surface area contributed by atoms with Crippen molar-refractivity contribution >= 4 is 23.2 Å². The van der Waals surface area contributed by atoms with Gasteiger partial charge in [0.15, 0.2) is 0 Å². The molecule has 3 N–H and O–H groups in total. The van der Waals surface area contributed by atoms with E-state index in [2.05, 4.69) is 4.98 Å². The van der Waals surface area contributed by atoms with E-state index >= 15 is 0 Å². The number of rotatable bonds is 3. The monoisotopic (exact) mass is 234 g/mol. The molecule has 1 aromatic heterocycles. The maximum Gasteiger partial charge on any atom is 0.0636 e. The molecule has 3 nitrogen and oxygen atoms in total. The van der Waals surface area contributed by atoms with Crippen molar-refractivity contribution in [2.24, 2.45) is 5.73 Å². The Labute approximate surface area is 92.9 Å². The number of halogens is 2. The van der Waals surface area contributed by atoms with E-state index in [0.717, 1.165) is 5.56 Å². The van der Waals surface area contributed by atoms with Gasteiger partial charge >= 0.3 is 0 Å². The van der Waals surface area contributed by atoms with Gasteiger partial charge in [0.05, 0.1) is 16.7 Å². The van der Waals surface area contributed by atoms with Crippen LogP contribution in [-0.2, 0) is 6.42 Å². The number of aliphatic hydroxyl groups is 1. The summed E-state index contributed by atoms with van der Waals surface area (Å²) in [7, 11) is 0. The summed E-state index contributed by atoms with van der Waals surface area (Å²) < 4.78 is 0. The number of nitrogens with zero attached hydrogens (tertiary/aromatic N) is 1. The Morgan fingerprint density at radius 1 is 1.43 bits per heavy atom. The fourth-order valence-corrected chi connectivity index (χ4v) is 1.56. The van der Waals surface area contributed by atoms with Crippen LogP contribution in [0.25, 0.3) is 0 Å². The molecule has 0 radical (unpaired) electrons. The molecule has 1 aromatic rings. The van der Waals surface area contributed by atoms with Gasteiger partial charge in [-0.15, -0.1) is 0 Å². The molecule has 0 saturated heterocycles. The Morgan fingerprint density at radius 3 is 2.36 bits per heavy atom. The third kappa shape index (κ3) is 2.82. The van der Waals surface area contributed by atoms with Gasteiger partial charge in [-0.2, -0.15) is 0 Å². The minimum atomic E-state index is -0.714. The minimum Gasteiger partial charge on any atom is -0.394 e. The van der Waals surface area contributed by atoms with Gasteiger partial charge in [0.25, 0.3) is 0 Å². The number of nitrogens with two attached hydrogens (primary N) is 1. The van der Waals surface area contributed by atoms with E-state index in [-0.39, 0.29) is 6.61 Å². The summed E-state index contributed by atoms with van der Waals surface area (Å²) in [4.78, 5) is 3.83. The van der Waals surface area contributed by atoms with Gasteiger partial charge in [0, 0.05) is 17.9 Å². The first kappa shape index (κ1) is 11.7. The van der Waals surface area contributed by atoms with Gasteiger partial charge in [-0.25, -0.2) is 0 Å². The van der Waals surface area contributed by atoms with Crippen LogP contribution < -0.4 is 5.73 Å². The smallest absolute Gasteiger partial charge is 0.0636 e. The molecule has 0 aliphatic rings. The lowest BCUT2D eigenvalue weighted by molar-refractivity contribution is 0.208. The second kappa shape index (κ2) is 4.45. The molecule has 1 atom stereocenters. The summed E-state index contributed by atoms with van der Waals surface area (Å²) in [5.41, 5.74) is 5.81. The molecule has 0 bridgehead atoms. The lowest BCUT2D eigenvalue weighted by Crippen LogP contribution is -2.42. The van der Waals surface area contributed by atoms with Crippen LogP contribution in [0, 0.1) is 0 Å². The molecular weight excluding hydrogens is 223 g/mol. The second-order valence-corrected chi connectivity index (χ2v) is 4.39. The molecular formula is C9H12Cl2N2O. The van der Waals surface area contributed by atoms with Crippen molar-refractivity contribution in [1.29, 1.82) is 0 Å². The summed E-state index contributed by atoms with van der Waals surface area (Å²) in [6.45, 7) is 1.61. The van der Waals surface area contributed by atoms with Gasteiger partial charge in [0.2, 0.25) is 0 Å². The van der Waals surface area contributed by atoms with Crippen molar-refractivity contribution in [3.8, 4) is 0 Å². The Kier molecular flexibility index (Phi) is 3.72. The lowest BCUT2D eigenvalue weighted by Gasteiger charge is -2.22. The fraction of sp³-hybridized carbons (Fsp3) is 0.444. The molecule has 1 rings (SSSR count). The van der Waals surface area contributed by atoms with Gasteiger partial charge < -0.3 is 10.8 Å². The average Bonchev–Trinajstić information content (AvgIpc) is 2.12. The van der Waals surface area contributed by atoms with Gasteiger partial charge in [-0.1, -0.05) is 23.2 Å². The summed E-state index contributed by atoms with van der Waals surface area (Å²) in [6, 6.07) is 0. The summed E-state index contributed by atoms with van der Waals surface area (Å²) in [6.07, 6.45) is 3.44. The third-order valence-corrected chi connectivity index (χ3v) is 2.55. The largest absolute Gasteiger partial charge is 0.394 e. The molecule has 0 aliphatic heterocycles. The van der Waals surface area contributed by atoms with Crippen LogP contribution in [0.5, 0.6) is 0 Å². The highest BCUT2D eigenvalue weighted by molar-refractivity contribution is 6.35. The molecule has 0 aliphatic carbocycles. The van der Waals surface area contributed by atoms with E-state index in [1.54, 1.807) is 6.92 Å². The van der Waals surface area contributed by atoms with Crippen molar-refractivity contribution in [1.82, 2.24) is 4.98 Å². The Bertz CT molecular complexity index is 308. The first-order valence-corrected chi connectivity index (χ1v) is 4.89. The van der Waals surface area contributed by atoms with Crippen LogP contribution in [0.2, 0.25) is 10.0 Å². The Morgan fingerprint density at radius 2 is 1.93 bits per heavy atom. The predicted octanol–water partition coefficient (Wildman–Crippen LogP) is 1.64. The Hall–Kier alpha value is -0.350. The van der Waals surface area contributed by atoms with Crippen LogP contribution in [0.15, 0.2) is 12.4 Å². The highest BCUT2D eigenvalue weighted by Crippen LogP contribution is 2.26. The van der Waals surface area contributed by atoms with Crippen LogP contribution in [0.4, 0.5) is 0 Å². The van der Waals surface area contributed by atoms with E-state index in [9.17, 15) is 0 Å². The number of hydrogen-bond acceptors (Lipinski definition) is 3. The van der Waals surface area contributed by atoms with Crippen molar-refractivity contribution in [3.05, 3.63) is 28.0 Å².